The van der Waals surface area contributed by atoms with Gasteiger partial charge >= 0.3 is 0 Å². The lowest BCUT2D eigenvalue weighted by Gasteiger charge is -2.12. The van der Waals surface area contributed by atoms with Crippen LogP contribution in [0.15, 0.2) is 71.1 Å². The van der Waals surface area contributed by atoms with Gasteiger partial charge in [-0.1, -0.05) is 54.1 Å². The van der Waals surface area contributed by atoms with Crippen LogP contribution in [-0.4, -0.2) is 0 Å². The molecule has 3 heteroatoms. The number of furan rings is 1. The summed E-state index contributed by atoms with van der Waals surface area (Å²) in [4.78, 5) is 0. The molecule has 0 spiro atoms. The number of hydrogen-bond donors (Lipinski definition) is 1. The molecule has 0 saturated carbocycles. The number of halogens is 1. The zero-order valence-electron chi connectivity index (χ0n) is 12.4. The Morgan fingerprint density at radius 2 is 1.68 bits per heavy atom. The van der Waals surface area contributed by atoms with Gasteiger partial charge in [0.2, 0.25) is 0 Å². The fraction of sp³-hybridized carbons (Fsp3) is 0.158. The molecular weight excluding hydrogens is 294 g/mol. The minimum atomic E-state index is 0.273. The maximum atomic E-state index is 6.20. The molecule has 2 aromatic carbocycles. The van der Waals surface area contributed by atoms with Crippen LogP contribution in [0.4, 0.5) is 0 Å². The van der Waals surface area contributed by atoms with Gasteiger partial charge in [-0.3, -0.25) is 0 Å². The molecular formula is C19H18ClNO. The summed E-state index contributed by atoms with van der Waals surface area (Å²) >= 11 is 6.20. The average Bonchev–Trinajstić information content (AvgIpc) is 3.02. The van der Waals surface area contributed by atoms with E-state index in [0.717, 1.165) is 17.1 Å². The van der Waals surface area contributed by atoms with Crippen LogP contribution in [0.1, 0.15) is 24.3 Å². The van der Waals surface area contributed by atoms with E-state index in [1.807, 2.05) is 42.5 Å². The molecule has 22 heavy (non-hydrogen) atoms. The molecule has 1 atom stereocenters. The fourth-order valence-corrected chi connectivity index (χ4v) is 2.62. The summed E-state index contributed by atoms with van der Waals surface area (Å²) in [6.45, 7) is 2.83. The number of benzene rings is 2. The Morgan fingerprint density at radius 3 is 2.45 bits per heavy atom. The molecule has 112 valence electrons. The average molecular weight is 312 g/mol. The van der Waals surface area contributed by atoms with E-state index in [0.29, 0.717) is 11.6 Å². The Kier molecular flexibility index (Phi) is 4.62. The van der Waals surface area contributed by atoms with Crippen molar-refractivity contribution >= 4 is 11.6 Å². The van der Waals surface area contributed by atoms with Crippen molar-refractivity contribution in [3.63, 3.8) is 0 Å². The normalized spacial score (nSPS) is 12.3. The van der Waals surface area contributed by atoms with Crippen molar-refractivity contribution in [2.75, 3.05) is 0 Å². The number of hydrogen-bond acceptors (Lipinski definition) is 2. The highest BCUT2D eigenvalue weighted by molar-refractivity contribution is 6.33. The molecule has 1 heterocycles. The highest BCUT2D eigenvalue weighted by atomic mass is 35.5. The Bertz CT molecular complexity index is 736. The quantitative estimate of drug-likeness (QED) is 0.677. The van der Waals surface area contributed by atoms with Crippen LogP contribution in [0.2, 0.25) is 5.02 Å². The summed E-state index contributed by atoms with van der Waals surface area (Å²) < 4.78 is 5.89. The molecule has 0 fully saturated rings. The molecule has 2 nitrogen and oxygen atoms in total. The van der Waals surface area contributed by atoms with Crippen LogP contribution in [0, 0.1) is 0 Å². The molecule has 1 aromatic heterocycles. The Balaban J connectivity index is 1.67. The molecule has 0 aliphatic carbocycles. The summed E-state index contributed by atoms with van der Waals surface area (Å²) in [6, 6.07) is 22.3. The summed E-state index contributed by atoms with van der Waals surface area (Å²) in [5, 5.41) is 4.17. The molecule has 0 aliphatic heterocycles. The third-order valence-electron chi connectivity index (χ3n) is 3.68. The van der Waals surface area contributed by atoms with Crippen LogP contribution in [0.5, 0.6) is 0 Å². The molecule has 3 rings (SSSR count). The molecule has 0 saturated heterocycles. The first kappa shape index (κ1) is 14.9. The first-order valence-electron chi connectivity index (χ1n) is 7.36. The lowest BCUT2D eigenvalue weighted by molar-refractivity contribution is 0.468. The summed E-state index contributed by atoms with van der Waals surface area (Å²) in [7, 11) is 0. The van der Waals surface area contributed by atoms with Gasteiger partial charge in [-0.2, -0.15) is 0 Å². The van der Waals surface area contributed by atoms with E-state index >= 15 is 0 Å². The predicted octanol–water partition coefficient (Wildman–Crippen LogP) is 5.45. The SMILES string of the molecule is C[C@@H](NCc1ccc(-c2ccccc2Cl)o1)c1ccccc1. The first-order chi connectivity index (χ1) is 10.7. The summed E-state index contributed by atoms with van der Waals surface area (Å²) in [5.41, 5.74) is 2.19. The van der Waals surface area contributed by atoms with Crippen molar-refractivity contribution in [2.24, 2.45) is 0 Å². The number of rotatable bonds is 5. The van der Waals surface area contributed by atoms with Crippen molar-refractivity contribution in [1.29, 1.82) is 0 Å². The van der Waals surface area contributed by atoms with Gasteiger partial charge < -0.3 is 9.73 Å². The van der Waals surface area contributed by atoms with E-state index in [1.54, 1.807) is 0 Å². The third kappa shape index (κ3) is 3.41. The van der Waals surface area contributed by atoms with E-state index in [4.69, 9.17) is 16.0 Å². The summed E-state index contributed by atoms with van der Waals surface area (Å²) in [6.07, 6.45) is 0. The minimum Gasteiger partial charge on any atom is -0.460 e. The molecule has 1 N–H and O–H groups in total. The van der Waals surface area contributed by atoms with Crippen molar-refractivity contribution in [3.05, 3.63) is 83.1 Å². The van der Waals surface area contributed by atoms with Gasteiger partial charge in [-0.15, -0.1) is 0 Å². The predicted molar refractivity (Wildman–Crippen MR) is 90.9 cm³/mol. The van der Waals surface area contributed by atoms with E-state index < -0.39 is 0 Å². The van der Waals surface area contributed by atoms with Crippen LogP contribution in [0.25, 0.3) is 11.3 Å². The molecule has 0 bridgehead atoms. The molecule has 0 aliphatic rings. The largest absolute Gasteiger partial charge is 0.460 e. The van der Waals surface area contributed by atoms with E-state index in [-0.39, 0.29) is 6.04 Å². The molecule has 0 radical (unpaired) electrons. The second-order valence-electron chi connectivity index (χ2n) is 5.26. The zero-order chi connectivity index (χ0) is 15.4. The second kappa shape index (κ2) is 6.82. The molecule has 0 unspecified atom stereocenters. The highest BCUT2D eigenvalue weighted by Crippen LogP contribution is 2.29. The van der Waals surface area contributed by atoms with Crippen molar-refractivity contribution < 1.29 is 4.42 Å². The van der Waals surface area contributed by atoms with Gasteiger partial charge in [0.15, 0.2) is 0 Å². The van der Waals surface area contributed by atoms with Crippen molar-refractivity contribution in [1.82, 2.24) is 5.32 Å². The van der Waals surface area contributed by atoms with Crippen molar-refractivity contribution in [2.45, 2.75) is 19.5 Å². The lowest BCUT2D eigenvalue weighted by Crippen LogP contribution is -2.17. The second-order valence-corrected chi connectivity index (χ2v) is 5.67. The lowest BCUT2D eigenvalue weighted by atomic mass is 10.1. The molecule has 3 aromatic rings. The van der Waals surface area contributed by atoms with Gasteiger partial charge in [0.1, 0.15) is 11.5 Å². The van der Waals surface area contributed by atoms with Gasteiger partial charge in [0.25, 0.3) is 0 Å². The monoisotopic (exact) mass is 311 g/mol. The Morgan fingerprint density at radius 1 is 0.955 bits per heavy atom. The maximum absolute atomic E-state index is 6.20. The van der Waals surface area contributed by atoms with Gasteiger partial charge in [-0.05, 0) is 36.8 Å². The van der Waals surface area contributed by atoms with Crippen LogP contribution in [-0.2, 0) is 6.54 Å². The molecule has 0 amide bonds. The maximum Gasteiger partial charge on any atom is 0.135 e. The smallest absolute Gasteiger partial charge is 0.135 e. The van der Waals surface area contributed by atoms with Gasteiger partial charge in [0, 0.05) is 11.6 Å². The Hall–Kier alpha value is -2.03. The first-order valence-corrected chi connectivity index (χ1v) is 7.74. The summed E-state index contributed by atoms with van der Waals surface area (Å²) in [5.74, 6) is 1.70. The zero-order valence-corrected chi connectivity index (χ0v) is 13.2. The topological polar surface area (TPSA) is 25.2 Å². The van der Waals surface area contributed by atoms with Crippen LogP contribution >= 0.6 is 11.6 Å². The minimum absolute atomic E-state index is 0.273. The van der Waals surface area contributed by atoms with Gasteiger partial charge in [-0.25, -0.2) is 0 Å². The van der Waals surface area contributed by atoms with Crippen molar-refractivity contribution in [3.8, 4) is 11.3 Å². The number of nitrogens with one attached hydrogen (secondary N) is 1. The Labute approximate surface area is 135 Å². The van der Waals surface area contributed by atoms with E-state index in [1.165, 1.54) is 5.56 Å². The van der Waals surface area contributed by atoms with E-state index in [9.17, 15) is 0 Å². The standard InChI is InChI=1S/C19H18ClNO/c1-14(15-7-3-2-4-8-15)21-13-16-11-12-19(22-16)17-9-5-6-10-18(17)20/h2-12,14,21H,13H2,1H3/t14-/m1/s1. The van der Waals surface area contributed by atoms with E-state index in [2.05, 4.69) is 36.5 Å². The van der Waals surface area contributed by atoms with Gasteiger partial charge in [0.05, 0.1) is 11.6 Å². The third-order valence-corrected chi connectivity index (χ3v) is 4.01. The fourth-order valence-electron chi connectivity index (χ4n) is 2.39. The van der Waals surface area contributed by atoms with Crippen LogP contribution < -0.4 is 5.32 Å². The van der Waals surface area contributed by atoms with Crippen LogP contribution in [0.3, 0.4) is 0 Å². The highest BCUT2D eigenvalue weighted by Gasteiger charge is 2.09.